The Morgan fingerprint density at radius 1 is 1.67 bits per heavy atom. The average Bonchev–Trinajstić information content (AvgIpc) is 3.05. The van der Waals surface area contributed by atoms with E-state index in [0.717, 1.165) is 12.1 Å². The van der Waals surface area contributed by atoms with E-state index in [4.69, 9.17) is 4.42 Å². The molecule has 2 aromatic heterocycles. The van der Waals surface area contributed by atoms with Gasteiger partial charge in [0, 0.05) is 5.69 Å². The van der Waals surface area contributed by atoms with Gasteiger partial charge < -0.3 is 14.8 Å². The maximum absolute atomic E-state index is 11.9. The summed E-state index contributed by atoms with van der Waals surface area (Å²) in [6.07, 6.45) is 2.27. The Hall–Kier alpha value is -2.08. The fraction of sp³-hybridized carbons (Fsp3) is 0.333. The average molecular weight is 249 g/mol. The molecule has 3 N–H and O–H groups in total. The van der Waals surface area contributed by atoms with Crippen LogP contribution in [0.3, 0.4) is 0 Å². The van der Waals surface area contributed by atoms with Crippen molar-refractivity contribution in [2.24, 2.45) is 0 Å². The highest BCUT2D eigenvalue weighted by Crippen LogP contribution is 2.13. The molecule has 0 aliphatic heterocycles. The van der Waals surface area contributed by atoms with Gasteiger partial charge in [-0.15, -0.1) is 0 Å². The number of amides is 1. The number of aliphatic hydroxyl groups is 1. The number of carbonyl (C=O) groups is 1. The van der Waals surface area contributed by atoms with Crippen molar-refractivity contribution in [3.05, 3.63) is 41.6 Å². The lowest BCUT2D eigenvalue weighted by Crippen LogP contribution is -2.30. The van der Waals surface area contributed by atoms with E-state index in [2.05, 4.69) is 15.5 Å². The monoisotopic (exact) mass is 249 g/mol. The Balaban J connectivity index is 2.06. The Morgan fingerprint density at radius 2 is 2.50 bits per heavy atom. The predicted octanol–water partition coefficient (Wildman–Crippen LogP) is 1.03. The van der Waals surface area contributed by atoms with Crippen LogP contribution in [-0.4, -0.2) is 27.8 Å². The number of rotatable bonds is 5. The van der Waals surface area contributed by atoms with Crippen molar-refractivity contribution in [2.45, 2.75) is 19.4 Å². The molecule has 96 valence electrons. The third-order valence-corrected chi connectivity index (χ3v) is 2.62. The van der Waals surface area contributed by atoms with Gasteiger partial charge in [0.15, 0.2) is 0 Å². The van der Waals surface area contributed by atoms with E-state index < -0.39 is 6.04 Å². The second-order valence-corrected chi connectivity index (χ2v) is 3.86. The second kappa shape index (κ2) is 5.50. The zero-order valence-electron chi connectivity index (χ0n) is 10.0. The number of nitrogens with one attached hydrogen (secondary N) is 2. The molecule has 2 aromatic rings. The molecule has 2 heterocycles. The molecule has 1 atom stereocenters. The van der Waals surface area contributed by atoms with Crippen LogP contribution in [0.1, 0.15) is 34.9 Å². The Morgan fingerprint density at radius 3 is 3.06 bits per heavy atom. The highest BCUT2D eigenvalue weighted by atomic mass is 16.3. The van der Waals surface area contributed by atoms with Crippen LogP contribution in [0, 0.1) is 0 Å². The van der Waals surface area contributed by atoms with Gasteiger partial charge in [0.05, 0.1) is 12.9 Å². The van der Waals surface area contributed by atoms with E-state index in [-0.39, 0.29) is 12.5 Å². The minimum Gasteiger partial charge on any atom is -0.467 e. The standard InChI is InChI=1S/C12H15N3O3/c1-2-8-6-9(15-14-8)12(17)13-10(7-16)11-4-3-5-18-11/h3-6,10,16H,2,7H2,1H3,(H,13,17)(H,14,15). The molecule has 0 aromatic carbocycles. The number of aryl methyl sites for hydroxylation is 1. The molecular formula is C12H15N3O3. The van der Waals surface area contributed by atoms with Crippen LogP contribution in [0.15, 0.2) is 28.9 Å². The maximum Gasteiger partial charge on any atom is 0.272 e. The van der Waals surface area contributed by atoms with Gasteiger partial charge in [-0.05, 0) is 24.6 Å². The lowest BCUT2D eigenvalue weighted by molar-refractivity contribution is 0.0902. The van der Waals surface area contributed by atoms with Crippen molar-refractivity contribution >= 4 is 5.91 Å². The fourth-order valence-corrected chi connectivity index (χ4v) is 1.59. The van der Waals surface area contributed by atoms with E-state index in [9.17, 15) is 9.90 Å². The smallest absolute Gasteiger partial charge is 0.272 e. The molecule has 0 fully saturated rings. The van der Waals surface area contributed by atoms with Gasteiger partial charge in [0.1, 0.15) is 17.5 Å². The van der Waals surface area contributed by atoms with Crippen molar-refractivity contribution < 1.29 is 14.3 Å². The SMILES string of the molecule is CCc1cc(C(=O)NC(CO)c2ccco2)n[nH]1. The zero-order valence-corrected chi connectivity index (χ0v) is 10.0. The van der Waals surface area contributed by atoms with Gasteiger partial charge in [-0.1, -0.05) is 6.92 Å². The number of aromatic amines is 1. The summed E-state index contributed by atoms with van der Waals surface area (Å²) in [5, 5.41) is 18.6. The number of aliphatic hydroxyl groups excluding tert-OH is 1. The largest absolute Gasteiger partial charge is 0.467 e. The highest BCUT2D eigenvalue weighted by molar-refractivity contribution is 5.92. The van der Waals surface area contributed by atoms with Crippen molar-refractivity contribution in [2.75, 3.05) is 6.61 Å². The Kier molecular flexibility index (Phi) is 3.78. The van der Waals surface area contributed by atoms with E-state index in [1.165, 1.54) is 6.26 Å². The van der Waals surface area contributed by atoms with E-state index in [0.29, 0.717) is 11.5 Å². The van der Waals surface area contributed by atoms with Crippen LogP contribution in [0.4, 0.5) is 0 Å². The van der Waals surface area contributed by atoms with Crippen molar-refractivity contribution in [1.29, 1.82) is 0 Å². The number of furan rings is 1. The zero-order chi connectivity index (χ0) is 13.0. The van der Waals surface area contributed by atoms with Crippen LogP contribution in [0.25, 0.3) is 0 Å². The van der Waals surface area contributed by atoms with Gasteiger partial charge in [0.2, 0.25) is 0 Å². The molecule has 0 saturated carbocycles. The molecule has 0 aliphatic rings. The van der Waals surface area contributed by atoms with Crippen LogP contribution >= 0.6 is 0 Å². The van der Waals surface area contributed by atoms with Crippen molar-refractivity contribution in [3.63, 3.8) is 0 Å². The van der Waals surface area contributed by atoms with Gasteiger partial charge in [0.25, 0.3) is 5.91 Å². The van der Waals surface area contributed by atoms with Crippen LogP contribution in [0.5, 0.6) is 0 Å². The van der Waals surface area contributed by atoms with Crippen LogP contribution in [-0.2, 0) is 6.42 Å². The third-order valence-electron chi connectivity index (χ3n) is 2.62. The molecule has 6 nitrogen and oxygen atoms in total. The van der Waals surface area contributed by atoms with E-state index in [1.54, 1.807) is 18.2 Å². The first kappa shape index (κ1) is 12.4. The summed E-state index contributed by atoms with van der Waals surface area (Å²) in [5.74, 6) is 0.165. The minimum absolute atomic E-state index is 0.232. The van der Waals surface area contributed by atoms with E-state index >= 15 is 0 Å². The summed E-state index contributed by atoms with van der Waals surface area (Å²) in [5.41, 5.74) is 1.19. The lowest BCUT2D eigenvalue weighted by atomic mass is 10.2. The number of H-pyrrole nitrogens is 1. The summed E-state index contributed by atoms with van der Waals surface area (Å²) >= 11 is 0. The highest BCUT2D eigenvalue weighted by Gasteiger charge is 2.18. The quantitative estimate of drug-likeness (QED) is 0.738. The van der Waals surface area contributed by atoms with Gasteiger partial charge in [-0.3, -0.25) is 9.89 Å². The predicted molar refractivity (Wildman–Crippen MR) is 64.0 cm³/mol. The Labute approximate surface area is 104 Å². The summed E-state index contributed by atoms with van der Waals surface area (Å²) in [7, 11) is 0. The molecule has 0 aliphatic carbocycles. The summed E-state index contributed by atoms with van der Waals surface area (Å²) in [4.78, 5) is 11.9. The number of carbonyl (C=O) groups excluding carboxylic acids is 1. The summed E-state index contributed by atoms with van der Waals surface area (Å²) < 4.78 is 5.15. The lowest BCUT2D eigenvalue weighted by Gasteiger charge is -2.12. The molecule has 1 amide bonds. The molecule has 6 heteroatoms. The molecule has 0 radical (unpaired) electrons. The molecular weight excluding hydrogens is 234 g/mol. The van der Waals surface area contributed by atoms with Crippen LogP contribution in [0.2, 0.25) is 0 Å². The van der Waals surface area contributed by atoms with Crippen molar-refractivity contribution in [1.82, 2.24) is 15.5 Å². The molecule has 0 saturated heterocycles. The van der Waals surface area contributed by atoms with Crippen molar-refractivity contribution in [3.8, 4) is 0 Å². The minimum atomic E-state index is -0.561. The van der Waals surface area contributed by atoms with Gasteiger partial charge in [-0.25, -0.2) is 0 Å². The molecule has 2 rings (SSSR count). The number of hydrogen-bond donors (Lipinski definition) is 3. The summed E-state index contributed by atoms with van der Waals surface area (Å²) in [6.45, 7) is 1.74. The number of aromatic nitrogens is 2. The summed E-state index contributed by atoms with van der Waals surface area (Å²) in [6, 6.07) is 4.53. The topological polar surface area (TPSA) is 91.2 Å². The third kappa shape index (κ3) is 2.60. The molecule has 18 heavy (non-hydrogen) atoms. The van der Waals surface area contributed by atoms with Gasteiger partial charge in [-0.2, -0.15) is 5.10 Å². The Bertz CT molecular complexity index is 504. The molecule has 1 unspecified atom stereocenters. The number of nitrogens with zero attached hydrogens (tertiary/aromatic N) is 1. The maximum atomic E-state index is 11.9. The van der Waals surface area contributed by atoms with Crippen LogP contribution < -0.4 is 5.32 Å². The number of hydrogen-bond acceptors (Lipinski definition) is 4. The van der Waals surface area contributed by atoms with E-state index in [1.807, 2.05) is 6.92 Å². The first-order valence-corrected chi connectivity index (χ1v) is 5.74. The first-order valence-electron chi connectivity index (χ1n) is 5.74. The molecule has 0 bridgehead atoms. The fourth-order valence-electron chi connectivity index (χ4n) is 1.59. The first-order chi connectivity index (χ1) is 8.74. The second-order valence-electron chi connectivity index (χ2n) is 3.86. The normalized spacial score (nSPS) is 12.3. The van der Waals surface area contributed by atoms with Gasteiger partial charge >= 0.3 is 0 Å². The molecule has 0 spiro atoms.